The lowest BCUT2D eigenvalue weighted by Gasteiger charge is -2.09. The second-order valence-electron chi connectivity index (χ2n) is 3.19. The van der Waals surface area contributed by atoms with Gasteiger partial charge in [0.25, 0.3) is 13.3 Å². The van der Waals surface area contributed by atoms with Crippen molar-refractivity contribution in [2.24, 2.45) is 11.0 Å². The predicted octanol–water partition coefficient (Wildman–Crippen LogP) is 0.988. The van der Waals surface area contributed by atoms with Crippen molar-refractivity contribution in [3.8, 4) is 0 Å². The van der Waals surface area contributed by atoms with E-state index in [-0.39, 0.29) is 0 Å². The van der Waals surface area contributed by atoms with E-state index in [0.29, 0.717) is 12.1 Å². The molecular weight excluding hydrogens is 257 g/mol. The average Bonchev–Trinajstić information content (AvgIpc) is 2.14. The van der Waals surface area contributed by atoms with E-state index < -0.39 is 41.9 Å². The minimum atomic E-state index is -3.62. The van der Waals surface area contributed by atoms with Gasteiger partial charge in [-0.3, -0.25) is 25.7 Å². The maximum Gasteiger partial charge on any atom is 0.275 e. The first-order valence-corrected chi connectivity index (χ1v) is 6.10. The second-order valence-corrected chi connectivity index (χ2v) is 4.92. The SMILES string of the molecule is NP(N)(=O)NCc1c(F)cc([N+](=O)[O-])cc1F. The molecule has 0 aliphatic heterocycles. The Balaban J connectivity index is 3.02. The topological polar surface area (TPSA) is 124 Å². The van der Waals surface area contributed by atoms with Gasteiger partial charge in [-0.1, -0.05) is 0 Å². The van der Waals surface area contributed by atoms with Crippen LogP contribution in [0.15, 0.2) is 12.1 Å². The highest BCUT2D eigenvalue weighted by atomic mass is 31.2. The molecule has 0 fully saturated rings. The van der Waals surface area contributed by atoms with Gasteiger partial charge in [0.1, 0.15) is 11.6 Å². The van der Waals surface area contributed by atoms with Crippen LogP contribution in [-0.2, 0) is 11.1 Å². The van der Waals surface area contributed by atoms with E-state index >= 15 is 0 Å². The highest BCUT2D eigenvalue weighted by Crippen LogP contribution is 2.24. The first kappa shape index (κ1) is 13.7. The summed E-state index contributed by atoms with van der Waals surface area (Å²) in [6.07, 6.45) is 0. The zero-order chi connectivity index (χ0) is 13.2. The van der Waals surface area contributed by atoms with E-state index in [0.717, 1.165) is 0 Å². The van der Waals surface area contributed by atoms with Gasteiger partial charge in [0, 0.05) is 12.1 Å². The van der Waals surface area contributed by atoms with Gasteiger partial charge in [0.15, 0.2) is 0 Å². The second kappa shape index (κ2) is 4.84. The predicted molar refractivity (Wildman–Crippen MR) is 55.8 cm³/mol. The Bertz CT molecular complexity index is 481. The molecule has 0 bridgehead atoms. The fourth-order valence-corrected chi connectivity index (χ4v) is 1.47. The van der Waals surface area contributed by atoms with Gasteiger partial charge < -0.3 is 0 Å². The van der Waals surface area contributed by atoms with Crippen molar-refractivity contribution in [1.82, 2.24) is 5.09 Å². The first-order valence-electron chi connectivity index (χ1n) is 4.25. The Kier molecular flexibility index (Phi) is 3.89. The maximum atomic E-state index is 13.3. The molecule has 0 amide bonds. The first-order chi connectivity index (χ1) is 7.70. The van der Waals surface area contributed by atoms with Crippen LogP contribution in [0.3, 0.4) is 0 Å². The van der Waals surface area contributed by atoms with Gasteiger partial charge in [-0.25, -0.2) is 13.9 Å². The van der Waals surface area contributed by atoms with E-state index in [4.69, 9.17) is 11.0 Å². The average molecular weight is 266 g/mol. The van der Waals surface area contributed by atoms with Gasteiger partial charge in [-0.15, -0.1) is 0 Å². The summed E-state index contributed by atoms with van der Waals surface area (Å²) in [6, 6.07) is 1.11. The number of halogens is 2. The molecule has 0 atom stereocenters. The van der Waals surface area contributed by atoms with Gasteiger partial charge in [0.2, 0.25) is 0 Å². The number of nitrogens with one attached hydrogen (secondary N) is 1. The lowest BCUT2D eigenvalue weighted by Crippen LogP contribution is -2.22. The fraction of sp³-hybridized carbons (Fsp3) is 0.143. The van der Waals surface area contributed by atoms with Gasteiger partial charge >= 0.3 is 0 Å². The zero-order valence-corrected chi connectivity index (χ0v) is 9.29. The van der Waals surface area contributed by atoms with Gasteiger partial charge in [-0.2, -0.15) is 0 Å². The van der Waals surface area contributed by atoms with Crippen molar-refractivity contribution >= 4 is 13.3 Å². The van der Waals surface area contributed by atoms with Crippen LogP contribution in [-0.4, -0.2) is 4.92 Å². The number of nitrogens with zero attached hydrogens (tertiary/aromatic N) is 1. The molecule has 0 aromatic heterocycles. The number of rotatable bonds is 4. The van der Waals surface area contributed by atoms with Crippen molar-refractivity contribution in [2.75, 3.05) is 0 Å². The molecule has 17 heavy (non-hydrogen) atoms. The number of benzene rings is 1. The summed E-state index contributed by atoms with van der Waals surface area (Å²) in [5.74, 6) is -2.28. The van der Waals surface area contributed by atoms with Crippen molar-refractivity contribution in [3.63, 3.8) is 0 Å². The van der Waals surface area contributed by atoms with Crippen molar-refractivity contribution < 1.29 is 18.3 Å². The Morgan fingerprint density at radius 3 is 2.18 bits per heavy atom. The lowest BCUT2D eigenvalue weighted by molar-refractivity contribution is -0.385. The van der Waals surface area contributed by atoms with Crippen molar-refractivity contribution in [3.05, 3.63) is 39.4 Å². The zero-order valence-electron chi connectivity index (χ0n) is 8.39. The molecule has 10 heteroatoms. The highest BCUT2D eigenvalue weighted by Gasteiger charge is 2.18. The summed E-state index contributed by atoms with van der Waals surface area (Å²) in [7, 11) is -3.62. The molecule has 5 N–H and O–H groups in total. The molecule has 0 unspecified atom stereocenters. The molecule has 7 nitrogen and oxygen atoms in total. The minimum Gasteiger partial charge on any atom is -0.271 e. The van der Waals surface area contributed by atoms with Crippen LogP contribution in [0.5, 0.6) is 0 Å². The largest absolute Gasteiger partial charge is 0.275 e. The molecule has 1 aromatic rings. The Morgan fingerprint density at radius 1 is 1.35 bits per heavy atom. The number of nitro groups is 1. The molecular formula is C7H9F2N4O3P. The summed E-state index contributed by atoms with van der Waals surface area (Å²) in [4.78, 5) is 9.38. The van der Waals surface area contributed by atoms with Crippen molar-refractivity contribution in [2.45, 2.75) is 6.54 Å². The molecule has 0 radical (unpaired) electrons. The number of non-ortho nitro benzene ring substituents is 1. The van der Waals surface area contributed by atoms with E-state index in [9.17, 15) is 23.5 Å². The van der Waals surface area contributed by atoms with Gasteiger partial charge in [-0.05, 0) is 0 Å². The minimum absolute atomic E-state index is 0.522. The standard InChI is InChI=1S/C7H9F2N4O3P/c8-6-1-4(13(14)15)2-7(9)5(6)3-12-17(10,11)16/h1-2H,3H2,(H5,10,11,12,16). The lowest BCUT2D eigenvalue weighted by atomic mass is 10.2. The molecule has 0 heterocycles. The van der Waals surface area contributed by atoms with Crippen LogP contribution in [0.4, 0.5) is 14.5 Å². The number of hydrogen-bond donors (Lipinski definition) is 3. The van der Waals surface area contributed by atoms with E-state index in [1.165, 1.54) is 0 Å². The normalized spacial score (nSPS) is 11.5. The van der Waals surface area contributed by atoms with Crippen LogP contribution in [0, 0.1) is 21.7 Å². The number of nitro benzene ring substituents is 1. The summed E-state index contributed by atoms with van der Waals surface area (Å²) < 4.78 is 37.5. The maximum absolute atomic E-state index is 13.3. The Morgan fingerprint density at radius 2 is 1.82 bits per heavy atom. The summed E-state index contributed by atoms with van der Waals surface area (Å²) in [5, 5.41) is 12.3. The van der Waals surface area contributed by atoms with Crippen LogP contribution in [0.2, 0.25) is 0 Å². The summed E-state index contributed by atoms with van der Waals surface area (Å²) >= 11 is 0. The summed E-state index contributed by atoms with van der Waals surface area (Å²) in [5.41, 5.74) is 8.62. The highest BCUT2D eigenvalue weighted by molar-refractivity contribution is 7.56. The summed E-state index contributed by atoms with van der Waals surface area (Å²) in [6.45, 7) is -0.528. The quantitative estimate of drug-likeness (QED) is 0.424. The smallest absolute Gasteiger partial charge is 0.271 e. The van der Waals surface area contributed by atoms with Crippen LogP contribution >= 0.6 is 7.59 Å². The van der Waals surface area contributed by atoms with Crippen LogP contribution < -0.4 is 16.1 Å². The number of nitrogens with two attached hydrogens (primary N) is 2. The molecule has 0 aliphatic carbocycles. The molecule has 1 aromatic carbocycles. The monoisotopic (exact) mass is 266 g/mol. The van der Waals surface area contributed by atoms with Crippen LogP contribution in [0.1, 0.15) is 5.56 Å². The molecule has 0 saturated heterocycles. The fourth-order valence-electron chi connectivity index (χ4n) is 1.07. The molecule has 0 spiro atoms. The molecule has 94 valence electrons. The number of hydrogen-bond acceptors (Lipinski definition) is 3. The Labute approximate surface area is 94.5 Å². The molecule has 0 aliphatic rings. The molecule has 0 saturated carbocycles. The molecule has 1 rings (SSSR count). The van der Waals surface area contributed by atoms with E-state index in [1.807, 2.05) is 5.09 Å². The Hall–Kier alpha value is -1.41. The van der Waals surface area contributed by atoms with Crippen molar-refractivity contribution in [1.29, 1.82) is 0 Å². The van der Waals surface area contributed by atoms with Crippen LogP contribution in [0.25, 0.3) is 0 Å². The van der Waals surface area contributed by atoms with E-state index in [2.05, 4.69) is 0 Å². The third-order valence-corrected chi connectivity index (χ3v) is 2.49. The third kappa shape index (κ3) is 3.82. The third-order valence-electron chi connectivity index (χ3n) is 1.84. The van der Waals surface area contributed by atoms with Gasteiger partial charge in [0.05, 0.1) is 17.1 Å². The van der Waals surface area contributed by atoms with E-state index in [1.54, 1.807) is 0 Å².